The summed E-state index contributed by atoms with van der Waals surface area (Å²) in [6, 6.07) is 50.6. The topological polar surface area (TPSA) is 236 Å². The maximum atomic E-state index is 13.5. The third kappa shape index (κ3) is 14.5. The first-order valence-corrected chi connectivity index (χ1v) is 53.3. The zero-order valence-corrected chi connectivity index (χ0v) is 81.2. The van der Waals surface area contributed by atoms with Crippen LogP contribution in [0.2, 0.25) is 10.0 Å². The number of halogens is 2. The number of carbonyl (C=O) groups is 3. The Morgan fingerprint density at radius 3 is 1.12 bits per heavy atom. The first-order chi connectivity index (χ1) is 64.3. The molecule has 16 bridgehead atoms. The summed E-state index contributed by atoms with van der Waals surface area (Å²) in [5, 5.41) is 35.3. The van der Waals surface area contributed by atoms with Crippen LogP contribution in [0.15, 0.2) is 157 Å². The van der Waals surface area contributed by atoms with Crippen molar-refractivity contribution < 1.29 is 52.0 Å². The van der Waals surface area contributed by atoms with Gasteiger partial charge in [-0.15, -0.1) is 0 Å². The largest absolute Gasteiger partial charge is 0.508 e. The predicted molar refractivity (Wildman–Crippen MR) is 519 cm³/mol. The molecule has 20 fully saturated rings. The molecule has 23 heteroatoms. The van der Waals surface area contributed by atoms with E-state index in [1.54, 1.807) is 36.4 Å². The second-order valence-electron chi connectivity index (χ2n) is 47.2. The fourth-order valence-corrected chi connectivity index (χ4v) is 32.7. The van der Waals surface area contributed by atoms with Crippen molar-refractivity contribution in [2.75, 3.05) is 84.1 Å². The number of urea groups is 1. The Bertz CT molecular complexity index is 5910. The lowest BCUT2D eigenvalue weighted by Crippen LogP contribution is -2.81. The summed E-state index contributed by atoms with van der Waals surface area (Å²) in [5.41, 5.74) is 11.8. The van der Waals surface area contributed by atoms with E-state index in [1.807, 2.05) is 87.5 Å². The van der Waals surface area contributed by atoms with Crippen LogP contribution in [0.5, 0.6) is 11.5 Å². The number of sulfonamides is 1. The molecule has 12 heterocycles. The molecule has 7 aromatic carbocycles. The van der Waals surface area contributed by atoms with Gasteiger partial charge in [0.2, 0.25) is 15.9 Å². The van der Waals surface area contributed by atoms with E-state index < -0.39 is 21.0 Å². The predicted octanol–water partition coefficient (Wildman–Crippen LogP) is 17.4. The lowest BCUT2D eigenvalue weighted by molar-refractivity contribution is -0.263. The van der Waals surface area contributed by atoms with Crippen LogP contribution in [0.3, 0.4) is 0 Å². The highest BCUT2D eigenvalue weighted by atomic mass is 35.5. The number of hydrogen-bond acceptors (Lipinski definition) is 15. The molecule has 134 heavy (non-hydrogen) atoms. The van der Waals surface area contributed by atoms with Crippen LogP contribution in [-0.4, -0.2) is 204 Å². The van der Waals surface area contributed by atoms with E-state index in [0.29, 0.717) is 77.7 Å². The molecule has 4 spiro atoms. The van der Waals surface area contributed by atoms with Crippen molar-refractivity contribution in [3.05, 3.63) is 223 Å². The molecule has 20 nitrogen and oxygen atoms in total. The second-order valence-corrected chi connectivity index (χ2v) is 49.7. The van der Waals surface area contributed by atoms with Crippen molar-refractivity contribution in [3.8, 4) is 11.5 Å². The van der Waals surface area contributed by atoms with E-state index in [4.69, 9.17) is 42.1 Å². The Labute approximate surface area is 801 Å². The number of piperidine rings is 4. The average molecular weight is 1870 g/mol. The number of aryl methyl sites for hydroxylation is 2. The van der Waals surface area contributed by atoms with Gasteiger partial charge in [-0.25, -0.2) is 17.9 Å². The minimum atomic E-state index is -3.70. The third-order valence-corrected chi connectivity index (χ3v) is 40.1. The van der Waals surface area contributed by atoms with E-state index >= 15 is 0 Å². The van der Waals surface area contributed by atoms with Crippen LogP contribution >= 0.6 is 23.2 Å². The molecular formula is C111H135Cl2N9O11S. The van der Waals surface area contributed by atoms with Gasteiger partial charge >= 0.3 is 6.03 Å². The van der Waals surface area contributed by atoms with E-state index in [-0.39, 0.29) is 83.4 Å². The van der Waals surface area contributed by atoms with Crippen molar-refractivity contribution in [2.24, 2.45) is 29.1 Å². The lowest BCUT2D eigenvalue weighted by Gasteiger charge is -2.71. The number of ether oxygens (including phenoxy) is 4. The number of nitrogens with zero attached hydrogens (tertiary/aromatic N) is 4. The molecule has 710 valence electrons. The Kier molecular flexibility index (Phi) is 21.3. The van der Waals surface area contributed by atoms with Gasteiger partial charge in [0.05, 0.1) is 75.9 Å². The molecule has 12 aliphatic heterocycles. The minimum Gasteiger partial charge on any atom is -0.508 e. The molecule has 0 aromatic heterocycles. The van der Waals surface area contributed by atoms with Crippen molar-refractivity contribution in [1.82, 2.24) is 40.3 Å². The van der Waals surface area contributed by atoms with Crippen molar-refractivity contribution in [2.45, 2.75) is 310 Å². The molecular weight excluding hydrogens is 1740 g/mol. The van der Waals surface area contributed by atoms with E-state index in [0.717, 1.165) is 184 Å². The summed E-state index contributed by atoms with van der Waals surface area (Å²) in [7, 11) is -3.70. The number of phenolic OH excluding ortho intramolecular Hbond substituents is 2. The van der Waals surface area contributed by atoms with Crippen LogP contribution in [0.1, 0.15) is 241 Å². The van der Waals surface area contributed by atoms with Gasteiger partial charge in [-0.05, 0) is 373 Å². The summed E-state index contributed by atoms with van der Waals surface area (Å²) in [4.78, 5) is 50.6. The summed E-state index contributed by atoms with van der Waals surface area (Å²) in [5.74, 6) is 4.21. The Hall–Kier alpha value is -7.48. The highest BCUT2D eigenvalue weighted by Gasteiger charge is 2.77. The Morgan fingerprint density at radius 2 is 0.754 bits per heavy atom. The zero-order valence-electron chi connectivity index (χ0n) is 78.9. The van der Waals surface area contributed by atoms with Crippen molar-refractivity contribution >= 4 is 56.8 Å². The van der Waals surface area contributed by atoms with Crippen LogP contribution in [0.4, 0.5) is 10.5 Å². The molecule has 12 aliphatic carbocycles. The Balaban J connectivity index is 0.0000000982. The molecule has 7 N–H and O–H groups in total. The molecule has 0 radical (unpaired) electrons. The standard InChI is InChI=1S/C29H34ClN3O2.C28H33ClN2O3S.C28H32N2O3.C26H36N2O3/c1-19-2-5-21-15-25-29-11-10-27(18-35-29,32-26(34)31-23-8-6-22(30)7-9-23)17-28(29,24(21)14-19)12-13-33(25)16-20-3-4-20;1-19-2-5-21-15-25-28-11-10-26(18-34-28,30-35(32,33)23-8-6-22(29)7-9-23)17-27(28,24(21)14-19)12-13-31(25)16-20-3-4-20;31-22-9-8-21-14-24-28-11-10-26(18-33-28,29-25(32)20-4-2-1-3-5-20)17-27(28,23(21)15-22)12-13-30(24)16-19-6-7-19;1-23(2,3)22(30)27-24-8-9-26(31-16-24)21-12-18-6-7-19(29)13-20(18)25(26,15-24)10-11-28(21)14-17-4-5-17/h2,5-9,14,20,25H,3-4,10-13,15-18H2,1H3,(H2,31,32,34);2,5-9,14,20,25,30H,3-4,10-13,15-18H2,1H3;1-5,8-9,15,19,24,31H,6-7,10-14,16-18H2,(H,29,32);6-7,13,17,21,29H,4-5,8-12,14-16H2,1-3H3,(H,27,30)/t25-,27?,28-,29-;25-,26?,27-,28-;24-,26?,27-,28-;21-,24?,25-,26-/m1111/s1. The van der Waals surface area contributed by atoms with Crippen LogP contribution < -0.4 is 26.0 Å². The monoisotopic (exact) mass is 1870 g/mol. The van der Waals surface area contributed by atoms with Gasteiger partial charge in [0.1, 0.15) is 11.5 Å². The van der Waals surface area contributed by atoms with Gasteiger partial charge in [-0.2, -0.15) is 0 Å². The zero-order chi connectivity index (χ0) is 91.8. The number of aromatic hydroxyl groups is 2. The molecule has 7 aromatic rings. The number of phenols is 2. The maximum absolute atomic E-state index is 13.5. The number of carbonyl (C=O) groups excluding carboxylic acids is 3. The second kappa shape index (κ2) is 32.0. The maximum Gasteiger partial charge on any atom is 0.319 e. The molecule has 12 saturated heterocycles. The first kappa shape index (κ1) is 89.2. The van der Waals surface area contributed by atoms with Crippen LogP contribution in [0, 0.1) is 42.9 Å². The number of likely N-dealkylation sites (tertiary alicyclic amines) is 4. The number of amides is 4. The normalized spacial score (nSPS) is 36.6. The van der Waals surface area contributed by atoms with E-state index in [2.05, 4.69) is 108 Å². The van der Waals surface area contributed by atoms with Gasteiger partial charge in [0.15, 0.2) is 0 Å². The highest BCUT2D eigenvalue weighted by molar-refractivity contribution is 7.89. The minimum absolute atomic E-state index is 0.0142. The van der Waals surface area contributed by atoms with Gasteiger partial charge < -0.3 is 50.4 Å². The van der Waals surface area contributed by atoms with Gasteiger partial charge in [-0.3, -0.25) is 29.2 Å². The summed E-state index contributed by atoms with van der Waals surface area (Å²) < 4.78 is 58.0. The molecule has 16 atom stereocenters. The number of anilines is 1. The molecule has 8 saturated carbocycles. The number of fused-ring (bicyclic) bond motifs is 12. The Morgan fingerprint density at radius 1 is 0.410 bits per heavy atom. The molecule has 31 rings (SSSR count). The number of hydrogen-bond donors (Lipinski definition) is 7. The quantitative estimate of drug-likeness (QED) is 0.0476. The first-order valence-electron chi connectivity index (χ1n) is 51.1. The van der Waals surface area contributed by atoms with Gasteiger partial charge in [0, 0.05) is 98.7 Å². The summed E-state index contributed by atoms with van der Waals surface area (Å²) in [6.07, 6.45) is 30.4. The molecule has 4 amide bonds. The fraction of sp³-hybridized carbons (Fsp3) is 0.595. The third-order valence-electron chi connectivity index (χ3n) is 38.0. The number of benzene rings is 7. The van der Waals surface area contributed by atoms with Crippen molar-refractivity contribution in [1.29, 1.82) is 0 Å². The number of nitrogens with one attached hydrogen (secondary N) is 5. The van der Waals surface area contributed by atoms with E-state index in [9.17, 15) is 33.0 Å². The smallest absolute Gasteiger partial charge is 0.319 e. The SMILES string of the molecule is CC(C)(C)C(=O)NC12CC[C@@]3(OC1)[C@H]1Cc4ccc(O)cc4[C@@]3(CCN1CC1CC1)C2.Cc1ccc2c(c1)[C@]13CCN(CC4CC4)[C@H](C2)[C@]12CCC(NC(=O)Nc1ccc(Cl)cc1)(CO2)C3.Cc1ccc2c(c1)[C@]13CCN(CC4CC4)[C@H](C2)[C@]12CCC(NS(=O)(=O)c1ccc(Cl)cc1)(CO2)C3.O=C(NC12CC[C@@]3(OC1)[C@H]1Cc4ccc(O)cc4[C@@]3(CCN1CC1CC1)C2)c1ccccc1. The fourth-order valence-electron chi connectivity index (χ4n) is 31.0. The van der Waals surface area contributed by atoms with E-state index in [1.165, 1.54) is 133 Å². The van der Waals surface area contributed by atoms with Crippen LogP contribution in [0.25, 0.3) is 0 Å². The average Bonchev–Trinajstić information content (AvgIpc) is 1.10. The molecule has 4 unspecified atom stereocenters. The van der Waals surface area contributed by atoms with Gasteiger partial charge in [-0.1, -0.05) is 122 Å². The summed E-state index contributed by atoms with van der Waals surface area (Å²) >= 11 is 12.0. The van der Waals surface area contributed by atoms with Gasteiger partial charge in [0.25, 0.3) is 5.91 Å². The molecule has 24 aliphatic rings. The van der Waals surface area contributed by atoms with Crippen LogP contribution in [-0.2, 0) is 81.1 Å². The van der Waals surface area contributed by atoms with Crippen molar-refractivity contribution in [3.63, 3.8) is 0 Å². The summed E-state index contributed by atoms with van der Waals surface area (Å²) in [6.45, 7) is 21.7. The number of rotatable bonds is 16. The highest BCUT2D eigenvalue weighted by Crippen LogP contribution is 2.71. The lowest BCUT2D eigenvalue weighted by atomic mass is 9.45.